The van der Waals surface area contributed by atoms with Gasteiger partial charge in [0.15, 0.2) is 0 Å². The van der Waals surface area contributed by atoms with Crippen LogP contribution in [0.2, 0.25) is 0 Å². The highest BCUT2D eigenvalue weighted by molar-refractivity contribution is 5.79. The number of aromatic nitrogens is 3. The van der Waals surface area contributed by atoms with Crippen LogP contribution in [0.5, 0.6) is 0 Å². The molecule has 1 saturated heterocycles. The Kier molecular flexibility index (Phi) is 5.02. The van der Waals surface area contributed by atoms with Crippen LogP contribution in [-0.2, 0) is 11.3 Å². The van der Waals surface area contributed by atoms with Crippen molar-refractivity contribution >= 4 is 5.91 Å². The quantitative estimate of drug-likeness (QED) is 0.914. The van der Waals surface area contributed by atoms with Crippen molar-refractivity contribution in [2.45, 2.75) is 50.6 Å². The van der Waals surface area contributed by atoms with Gasteiger partial charge in [-0.2, -0.15) is 0 Å². The molecule has 6 nitrogen and oxygen atoms in total. The van der Waals surface area contributed by atoms with Crippen LogP contribution in [-0.4, -0.2) is 44.5 Å². The van der Waals surface area contributed by atoms with E-state index in [1.807, 2.05) is 36.9 Å². The Labute approximate surface area is 154 Å². The number of carbonyl (C=O) groups excluding carboxylic acids is 1. The number of imidazole rings is 1. The van der Waals surface area contributed by atoms with Gasteiger partial charge in [0.05, 0.1) is 0 Å². The molecule has 138 valence electrons. The van der Waals surface area contributed by atoms with E-state index in [9.17, 15) is 4.79 Å². The summed E-state index contributed by atoms with van der Waals surface area (Å²) in [7, 11) is 0. The lowest BCUT2D eigenvalue weighted by atomic mass is 9.94. The van der Waals surface area contributed by atoms with Gasteiger partial charge >= 0.3 is 0 Å². The van der Waals surface area contributed by atoms with E-state index in [4.69, 9.17) is 5.73 Å². The topological polar surface area (TPSA) is 77.0 Å². The van der Waals surface area contributed by atoms with Gasteiger partial charge in [0, 0.05) is 62.3 Å². The lowest BCUT2D eigenvalue weighted by Gasteiger charge is -2.33. The molecule has 2 aromatic heterocycles. The van der Waals surface area contributed by atoms with Crippen molar-refractivity contribution in [1.82, 2.24) is 19.4 Å². The van der Waals surface area contributed by atoms with E-state index in [2.05, 4.69) is 19.4 Å². The van der Waals surface area contributed by atoms with Crippen LogP contribution >= 0.6 is 0 Å². The van der Waals surface area contributed by atoms with Crippen LogP contribution in [0, 0.1) is 5.92 Å². The Morgan fingerprint density at radius 3 is 2.58 bits per heavy atom. The van der Waals surface area contributed by atoms with Gasteiger partial charge in [0.1, 0.15) is 5.82 Å². The summed E-state index contributed by atoms with van der Waals surface area (Å²) < 4.78 is 2.23. The number of carbonyl (C=O) groups is 1. The van der Waals surface area contributed by atoms with E-state index in [1.165, 1.54) is 5.56 Å². The van der Waals surface area contributed by atoms with Crippen molar-refractivity contribution in [2.75, 3.05) is 13.1 Å². The van der Waals surface area contributed by atoms with Gasteiger partial charge in [-0.15, -0.1) is 0 Å². The molecule has 0 unspecified atom stereocenters. The third kappa shape index (κ3) is 3.65. The average molecular weight is 353 g/mol. The van der Waals surface area contributed by atoms with E-state index in [-0.39, 0.29) is 12.0 Å². The van der Waals surface area contributed by atoms with E-state index in [1.54, 1.807) is 0 Å². The van der Waals surface area contributed by atoms with Gasteiger partial charge in [-0.3, -0.25) is 9.78 Å². The number of pyridine rings is 1. The first kappa shape index (κ1) is 17.2. The molecule has 0 aromatic carbocycles. The molecule has 2 aromatic rings. The molecule has 6 heteroatoms. The van der Waals surface area contributed by atoms with Gasteiger partial charge in [-0.05, 0) is 49.8 Å². The Hall–Kier alpha value is -2.21. The van der Waals surface area contributed by atoms with Crippen LogP contribution in [0.1, 0.15) is 49.4 Å². The summed E-state index contributed by atoms with van der Waals surface area (Å²) >= 11 is 0. The first-order chi connectivity index (χ1) is 12.7. The predicted molar refractivity (Wildman–Crippen MR) is 99.4 cm³/mol. The first-order valence-electron chi connectivity index (χ1n) is 9.65. The second-order valence-corrected chi connectivity index (χ2v) is 7.64. The van der Waals surface area contributed by atoms with Gasteiger partial charge in [0.2, 0.25) is 5.91 Å². The largest absolute Gasteiger partial charge is 0.342 e. The molecule has 26 heavy (non-hydrogen) atoms. The highest BCUT2D eigenvalue weighted by Crippen LogP contribution is 2.31. The molecule has 4 rings (SSSR count). The summed E-state index contributed by atoms with van der Waals surface area (Å²) in [5, 5.41) is 0. The highest BCUT2D eigenvalue weighted by Gasteiger charge is 2.33. The average Bonchev–Trinajstić information content (AvgIpc) is 3.31. The zero-order valence-corrected chi connectivity index (χ0v) is 15.1. The van der Waals surface area contributed by atoms with Crippen molar-refractivity contribution < 1.29 is 4.79 Å². The molecule has 2 atom stereocenters. The minimum Gasteiger partial charge on any atom is -0.342 e. The van der Waals surface area contributed by atoms with Crippen LogP contribution in [0.15, 0.2) is 36.9 Å². The lowest BCUT2D eigenvalue weighted by Crippen LogP contribution is -2.41. The number of hydrogen-bond acceptors (Lipinski definition) is 4. The minimum absolute atomic E-state index is 0.148. The van der Waals surface area contributed by atoms with Crippen LogP contribution in [0.4, 0.5) is 0 Å². The summed E-state index contributed by atoms with van der Waals surface area (Å²) in [6.07, 6.45) is 12.3. The van der Waals surface area contributed by atoms with Crippen molar-refractivity contribution in [3.05, 3.63) is 48.3 Å². The summed E-state index contributed by atoms with van der Waals surface area (Å²) in [6.45, 7) is 2.48. The summed E-state index contributed by atoms with van der Waals surface area (Å²) in [6, 6.07) is 4.29. The highest BCUT2D eigenvalue weighted by atomic mass is 16.2. The number of hydrogen-bond donors (Lipinski definition) is 1. The van der Waals surface area contributed by atoms with Gasteiger partial charge in [-0.25, -0.2) is 4.98 Å². The number of amides is 1. The Balaban J connectivity index is 1.37. The smallest absolute Gasteiger partial charge is 0.225 e. The fourth-order valence-electron chi connectivity index (χ4n) is 4.36. The fraction of sp³-hybridized carbons (Fsp3) is 0.550. The van der Waals surface area contributed by atoms with Crippen LogP contribution in [0.25, 0.3) is 0 Å². The van der Waals surface area contributed by atoms with Gasteiger partial charge in [-0.1, -0.05) is 0 Å². The maximum atomic E-state index is 12.7. The maximum Gasteiger partial charge on any atom is 0.225 e. The molecule has 1 aliphatic carbocycles. The summed E-state index contributed by atoms with van der Waals surface area (Å²) in [5.74, 6) is 2.02. The molecule has 1 saturated carbocycles. The number of nitrogens with zero attached hydrogens (tertiary/aromatic N) is 4. The third-order valence-electron chi connectivity index (χ3n) is 5.84. The SMILES string of the molecule is N[C@@H]1CC[C@H](C(=O)N2CCC(c3nccn3Cc3ccncc3)CC2)C1. The van der Waals surface area contributed by atoms with E-state index < -0.39 is 0 Å². The Bertz CT molecular complexity index is 736. The molecule has 2 N–H and O–H groups in total. The second-order valence-electron chi connectivity index (χ2n) is 7.64. The van der Waals surface area contributed by atoms with Gasteiger partial charge in [0.25, 0.3) is 0 Å². The molecule has 0 bridgehead atoms. The molecule has 0 radical (unpaired) electrons. The van der Waals surface area contributed by atoms with E-state index in [0.717, 1.165) is 57.6 Å². The number of likely N-dealkylation sites (tertiary alicyclic amines) is 1. The minimum atomic E-state index is 0.148. The van der Waals surface area contributed by atoms with Crippen molar-refractivity contribution in [2.24, 2.45) is 11.7 Å². The molecule has 1 amide bonds. The number of piperidine rings is 1. The number of nitrogens with two attached hydrogens (primary N) is 1. The van der Waals surface area contributed by atoms with E-state index in [0.29, 0.717) is 11.8 Å². The van der Waals surface area contributed by atoms with Crippen LogP contribution in [0.3, 0.4) is 0 Å². The van der Waals surface area contributed by atoms with E-state index >= 15 is 0 Å². The zero-order chi connectivity index (χ0) is 17.9. The predicted octanol–water partition coefficient (Wildman–Crippen LogP) is 2.16. The van der Waals surface area contributed by atoms with Gasteiger partial charge < -0.3 is 15.2 Å². The summed E-state index contributed by atoms with van der Waals surface area (Å²) in [5.41, 5.74) is 7.20. The van der Waals surface area contributed by atoms with Crippen molar-refractivity contribution in [3.8, 4) is 0 Å². The molecule has 1 aliphatic heterocycles. The molecule has 3 heterocycles. The Morgan fingerprint density at radius 1 is 1.12 bits per heavy atom. The normalized spacial score (nSPS) is 24.1. The van der Waals surface area contributed by atoms with Crippen LogP contribution < -0.4 is 5.73 Å². The standard InChI is InChI=1S/C20H27N5O/c21-18-2-1-17(13-18)20(26)24-10-5-16(6-11-24)19-23-9-12-25(19)14-15-3-7-22-8-4-15/h3-4,7-9,12,16-18H,1-2,5-6,10-11,13-14,21H2/t17-,18+/m0/s1. The monoisotopic (exact) mass is 353 g/mol. The molecule has 2 aliphatic rings. The molecule has 2 fully saturated rings. The maximum absolute atomic E-state index is 12.7. The molecular weight excluding hydrogens is 326 g/mol. The second kappa shape index (κ2) is 7.58. The lowest BCUT2D eigenvalue weighted by molar-refractivity contribution is -0.136. The van der Waals surface area contributed by atoms with Crippen molar-refractivity contribution in [1.29, 1.82) is 0 Å². The third-order valence-corrected chi connectivity index (χ3v) is 5.84. The zero-order valence-electron chi connectivity index (χ0n) is 15.1. The first-order valence-corrected chi connectivity index (χ1v) is 9.65. The molecule has 0 spiro atoms. The van der Waals surface area contributed by atoms with Crippen molar-refractivity contribution in [3.63, 3.8) is 0 Å². The number of rotatable bonds is 4. The summed E-state index contributed by atoms with van der Waals surface area (Å²) in [4.78, 5) is 23.4. The molecular formula is C20H27N5O. The Morgan fingerprint density at radius 2 is 1.88 bits per heavy atom. The fourth-order valence-corrected chi connectivity index (χ4v) is 4.36.